The van der Waals surface area contributed by atoms with Gasteiger partial charge in [0.05, 0.1) is 11.3 Å². The molecule has 0 aliphatic rings. The van der Waals surface area contributed by atoms with Gasteiger partial charge in [0.25, 0.3) is 5.91 Å². The van der Waals surface area contributed by atoms with E-state index in [4.69, 9.17) is 4.42 Å². The van der Waals surface area contributed by atoms with Crippen LogP contribution in [-0.4, -0.2) is 15.9 Å². The van der Waals surface area contributed by atoms with Crippen molar-refractivity contribution in [2.75, 3.05) is 5.32 Å². The number of rotatable bonds is 3. The third-order valence-electron chi connectivity index (χ3n) is 4.47. The number of amides is 1. The minimum Gasteiger partial charge on any atom is -0.434 e. The molecule has 0 saturated heterocycles. The monoisotopic (exact) mass is 357 g/mol. The van der Waals surface area contributed by atoms with Crippen LogP contribution in [0, 0.1) is 20.8 Å². The Morgan fingerprint density at radius 3 is 2.48 bits per heavy atom. The van der Waals surface area contributed by atoms with Crippen molar-refractivity contribution in [3.8, 4) is 11.5 Å². The maximum Gasteiger partial charge on any atom is 0.256 e. The lowest BCUT2D eigenvalue weighted by atomic mass is 9.99. The predicted octanol–water partition coefficient (Wildman–Crippen LogP) is 5.07. The van der Waals surface area contributed by atoms with E-state index in [1.807, 2.05) is 63.2 Å². The van der Waals surface area contributed by atoms with Gasteiger partial charge in [-0.05, 0) is 56.2 Å². The average Bonchev–Trinajstić information content (AvgIpc) is 3.05. The van der Waals surface area contributed by atoms with Crippen molar-refractivity contribution < 1.29 is 9.21 Å². The number of aryl methyl sites for hydroxylation is 3. The fraction of sp³-hybridized carbons (Fsp3) is 0.136. The number of oxazole rings is 1. The second kappa shape index (κ2) is 6.68. The van der Waals surface area contributed by atoms with E-state index >= 15 is 0 Å². The number of benzene rings is 2. The molecule has 0 fully saturated rings. The standard InChI is InChI=1S/C22H19N3O2/c1-13-11-14(2)19(15(3)12-13)21(26)24-17-8-5-4-7-16(17)22-25-20-18(27-22)9-6-10-23-20/h4-12H,1-3H3,(H,24,26). The number of hydrogen-bond donors (Lipinski definition) is 1. The van der Waals surface area contributed by atoms with Gasteiger partial charge in [0.2, 0.25) is 5.89 Å². The van der Waals surface area contributed by atoms with E-state index in [2.05, 4.69) is 15.3 Å². The SMILES string of the molecule is Cc1cc(C)c(C(=O)Nc2ccccc2-c2nc3ncccc3o2)c(C)c1. The molecule has 0 aliphatic carbocycles. The molecular weight excluding hydrogens is 338 g/mol. The molecule has 5 heteroatoms. The summed E-state index contributed by atoms with van der Waals surface area (Å²) in [5.41, 5.74) is 6.25. The van der Waals surface area contributed by atoms with E-state index < -0.39 is 0 Å². The molecule has 2 aromatic carbocycles. The Morgan fingerprint density at radius 2 is 1.74 bits per heavy atom. The van der Waals surface area contributed by atoms with Gasteiger partial charge >= 0.3 is 0 Å². The van der Waals surface area contributed by atoms with Crippen molar-refractivity contribution in [1.29, 1.82) is 0 Å². The molecular formula is C22H19N3O2. The van der Waals surface area contributed by atoms with Crippen LogP contribution >= 0.6 is 0 Å². The summed E-state index contributed by atoms with van der Waals surface area (Å²) in [5.74, 6) is 0.281. The lowest BCUT2D eigenvalue weighted by molar-refractivity contribution is 0.102. The first-order valence-corrected chi connectivity index (χ1v) is 8.73. The van der Waals surface area contributed by atoms with Gasteiger partial charge in [-0.15, -0.1) is 0 Å². The Labute approximate surface area is 157 Å². The van der Waals surface area contributed by atoms with Crippen LogP contribution in [0.1, 0.15) is 27.0 Å². The highest BCUT2D eigenvalue weighted by Gasteiger charge is 2.17. The van der Waals surface area contributed by atoms with Gasteiger partial charge in [-0.1, -0.05) is 29.8 Å². The van der Waals surface area contributed by atoms with Crippen molar-refractivity contribution in [3.63, 3.8) is 0 Å². The summed E-state index contributed by atoms with van der Waals surface area (Å²) in [4.78, 5) is 21.6. The minimum atomic E-state index is -0.147. The molecule has 0 saturated carbocycles. The third-order valence-corrected chi connectivity index (χ3v) is 4.47. The molecule has 2 heterocycles. The molecule has 0 bridgehead atoms. The van der Waals surface area contributed by atoms with Gasteiger partial charge in [-0.3, -0.25) is 4.79 Å². The van der Waals surface area contributed by atoms with Crippen LogP contribution in [0.2, 0.25) is 0 Å². The zero-order valence-corrected chi connectivity index (χ0v) is 15.4. The van der Waals surface area contributed by atoms with Crippen LogP contribution in [0.3, 0.4) is 0 Å². The number of carbonyl (C=O) groups excluding carboxylic acids is 1. The number of carbonyl (C=O) groups is 1. The first-order valence-electron chi connectivity index (χ1n) is 8.73. The molecule has 0 radical (unpaired) electrons. The number of nitrogens with zero attached hydrogens (tertiary/aromatic N) is 2. The Hall–Kier alpha value is -3.47. The molecule has 4 rings (SSSR count). The predicted molar refractivity (Wildman–Crippen MR) is 106 cm³/mol. The molecule has 2 aromatic heterocycles. The van der Waals surface area contributed by atoms with Crippen LogP contribution in [-0.2, 0) is 0 Å². The minimum absolute atomic E-state index is 0.147. The maximum absolute atomic E-state index is 12.9. The van der Waals surface area contributed by atoms with E-state index in [0.29, 0.717) is 33.9 Å². The fourth-order valence-electron chi connectivity index (χ4n) is 3.39. The van der Waals surface area contributed by atoms with E-state index in [1.165, 1.54) is 0 Å². The smallest absolute Gasteiger partial charge is 0.256 e. The highest BCUT2D eigenvalue weighted by atomic mass is 16.3. The Bertz CT molecular complexity index is 1110. The number of nitrogens with one attached hydrogen (secondary N) is 1. The van der Waals surface area contributed by atoms with Crippen LogP contribution in [0.5, 0.6) is 0 Å². The Kier molecular flexibility index (Phi) is 4.20. The van der Waals surface area contributed by atoms with Gasteiger partial charge in [0.15, 0.2) is 11.2 Å². The van der Waals surface area contributed by atoms with Crippen molar-refractivity contribution in [2.24, 2.45) is 0 Å². The molecule has 1 amide bonds. The summed E-state index contributed by atoms with van der Waals surface area (Å²) in [6.45, 7) is 5.93. The summed E-state index contributed by atoms with van der Waals surface area (Å²) >= 11 is 0. The number of fused-ring (bicyclic) bond motifs is 1. The fourth-order valence-corrected chi connectivity index (χ4v) is 3.39. The largest absolute Gasteiger partial charge is 0.434 e. The first-order chi connectivity index (χ1) is 13.0. The molecule has 1 N–H and O–H groups in total. The lowest BCUT2D eigenvalue weighted by Crippen LogP contribution is -2.15. The summed E-state index contributed by atoms with van der Waals surface area (Å²) in [7, 11) is 0. The zero-order chi connectivity index (χ0) is 19.0. The number of hydrogen-bond acceptors (Lipinski definition) is 4. The van der Waals surface area contributed by atoms with E-state index in [9.17, 15) is 4.79 Å². The maximum atomic E-state index is 12.9. The summed E-state index contributed by atoms with van der Waals surface area (Å²) < 4.78 is 5.82. The molecule has 0 atom stereocenters. The van der Waals surface area contributed by atoms with Crippen molar-refractivity contribution in [1.82, 2.24) is 9.97 Å². The first kappa shape index (κ1) is 17.0. The van der Waals surface area contributed by atoms with Crippen LogP contribution in [0.15, 0.2) is 59.1 Å². The van der Waals surface area contributed by atoms with Crippen molar-refractivity contribution in [3.05, 3.63) is 77.0 Å². The van der Waals surface area contributed by atoms with Crippen molar-refractivity contribution in [2.45, 2.75) is 20.8 Å². The second-order valence-electron chi connectivity index (χ2n) is 6.62. The van der Waals surface area contributed by atoms with Gasteiger partial charge in [-0.2, -0.15) is 4.98 Å². The number of pyridine rings is 1. The number of aromatic nitrogens is 2. The lowest BCUT2D eigenvalue weighted by Gasteiger charge is -2.13. The van der Waals surface area contributed by atoms with Gasteiger partial charge in [0.1, 0.15) is 0 Å². The van der Waals surface area contributed by atoms with Crippen LogP contribution in [0.4, 0.5) is 5.69 Å². The zero-order valence-electron chi connectivity index (χ0n) is 15.4. The third kappa shape index (κ3) is 3.19. The van der Waals surface area contributed by atoms with Crippen molar-refractivity contribution >= 4 is 22.8 Å². The molecule has 134 valence electrons. The van der Waals surface area contributed by atoms with Gasteiger partial charge in [-0.25, -0.2) is 4.98 Å². The molecule has 0 unspecified atom stereocenters. The van der Waals surface area contributed by atoms with E-state index in [0.717, 1.165) is 16.7 Å². The molecule has 5 nitrogen and oxygen atoms in total. The number of para-hydroxylation sites is 1. The molecule has 0 aliphatic heterocycles. The Morgan fingerprint density at radius 1 is 1.00 bits per heavy atom. The molecule has 4 aromatic rings. The van der Waals surface area contributed by atoms with Gasteiger partial charge < -0.3 is 9.73 Å². The Balaban J connectivity index is 1.73. The highest BCUT2D eigenvalue weighted by Crippen LogP contribution is 2.30. The topological polar surface area (TPSA) is 68.0 Å². The second-order valence-corrected chi connectivity index (χ2v) is 6.62. The highest BCUT2D eigenvalue weighted by molar-refractivity contribution is 6.08. The molecule has 0 spiro atoms. The summed E-state index contributed by atoms with van der Waals surface area (Å²) in [5, 5.41) is 3.01. The molecule has 27 heavy (non-hydrogen) atoms. The average molecular weight is 357 g/mol. The van der Waals surface area contributed by atoms with E-state index in [-0.39, 0.29) is 5.91 Å². The summed E-state index contributed by atoms with van der Waals surface area (Å²) in [6, 6.07) is 15.1. The summed E-state index contributed by atoms with van der Waals surface area (Å²) in [6.07, 6.45) is 1.67. The normalized spacial score (nSPS) is 10.9. The van der Waals surface area contributed by atoms with Gasteiger partial charge in [0, 0.05) is 11.8 Å². The van der Waals surface area contributed by atoms with Crippen LogP contribution < -0.4 is 5.32 Å². The quantitative estimate of drug-likeness (QED) is 0.556. The van der Waals surface area contributed by atoms with E-state index in [1.54, 1.807) is 12.3 Å². The van der Waals surface area contributed by atoms with Crippen LogP contribution in [0.25, 0.3) is 22.7 Å². The number of anilines is 1.